The van der Waals surface area contributed by atoms with Crippen LogP contribution in [0, 0.1) is 18.3 Å². The van der Waals surface area contributed by atoms with Crippen LogP contribution in [-0.2, 0) is 10.0 Å². The van der Waals surface area contributed by atoms with Gasteiger partial charge in [-0.1, -0.05) is 5.92 Å². The topological polar surface area (TPSA) is 37.4 Å². The molecule has 0 aromatic heterocycles. The Kier molecular flexibility index (Phi) is 3.57. The van der Waals surface area contributed by atoms with E-state index in [0.717, 1.165) is 12.8 Å². The largest absolute Gasteiger partial charge is 0.217 e. The molecule has 4 heteroatoms. The minimum atomic E-state index is -3.17. The summed E-state index contributed by atoms with van der Waals surface area (Å²) in [4.78, 5) is 0. The van der Waals surface area contributed by atoms with Crippen LogP contribution in [0.15, 0.2) is 0 Å². The van der Waals surface area contributed by atoms with Gasteiger partial charge < -0.3 is 0 Å². The van der Waals surface area contributed by atoms with Crippen molar-refractivity contribution in [2.75, 3.05) is 13.1 Å². The van der Waals surface area contributed by atoms with Crippen molar-refractivity contribution in [3.05, 3.63) is 0 Å². The lowest BCUT2D eigenvalue weighted by Gasteiger charge is -2.21. The summed E-state index contributed by atoms with van der Waals surface area (Å²) in [6.07, 6.45) is 7.43. The Morgan fingerprint density at radius 3 is 2.43 bits per heavy atom. The first kappa shape index (κ1) is 11.5. The normalized spacial score (nSPS) is 17.4. The second kappa shape index (κ2) is 4.33. The van der Waals surface area contributed by atoms with E-state index in [0.29, 0.717) is 12.5 Å². The standard InChI is InChI=1S/C10H17NO2S/c1-4-7-11(8-10-5-6-10)14(12,13)9(2)3/h1,9-10H,5-8H2,2-3H3. The predicted molar refractivity (Wildman–Crippen MR) is 57.2 cm³/mol. The van der Waals surface area contributed by atoms with Crippen LogP contribution in [0.4, 0.5) is 0 Å². The monoisotopic (exact) mass is 215 g/mol. The van der Waals surface area contributed by atoms with Crippen molar-refractivity contribution in [3.8, 4) is 12.3 Å². The van der Waals surface area contributed by atoms with Crippen LogP contribution in [0.25, 0.3) is 0 Å². The zero-order valence-electron chi connectivity index (χ0n) is 8.73. The fourth-order valence-corrected chi connectivity index (χ4v) is 2.52. The maximum absolute atomic E-state index is 11.8. The summed E-state index contributed by atoms with van der Waals surface area (Å²) in [7, 11) is -3.17. The van der Waals surface area contributed by atoms with Gasteiger partial charge in [-0.25, -0.2) is 8.42 Å². The Hall–Kier alpha value is -0.530. The Morgan fingerprint density at radius 2 is 2.07 bits per heavy atom. The molecular weight excluding hydrogens is 198 g/mol. The second-order valence-electron chi connectivity index (χ2n) is 4.03. The zero-order chi connectivity index (χ0) is 10.8. The van der Waals surface area contributed by atoms with E-state index in [4.69, 9.17) is 6.42 Å². The van der Waals surface area contributed by atoms with E-state index in [1.807, 2.05) is 0 Å². The number of hydrogen-bond donors (Lipinski definition) is 0. The molecule has 0 aromatic rings. The summed E-state index contributed by atoms with van der Waals surface area (Å²) < 4.78 is 25.1. The molecule has 1 fully saturated rings. The van der Waals surface area contributed by atoms with Gasteiger partial charge in [-0.3, -0.25) is 0 Å². The fraction of sp³-hybridized carbons (Fsp3) is 0.800. The lowest BCUT2D eigenvalue weighted by atomic mass is 10.4. The molecule has 14 heavy (non-hydrogen) atoms. The molecule has 1 aliphatic rings. The molecule has 0 aromatic carbocycles. The highest BCUT2D eigenvalue weighted by molar-refractivity contribution is 7.89. The van der Waals surface area contributed by atoms with Crippen LogP contribution in [0.5, 0.6) is 0 Å². The third-order valence-corrected chi connectivity index (χ3v) is 4.57. The van der Waals surface area contributed by atoms with Crippen molar-refractivity contribution in [1.29, 1.82) is 0 Å². The Labute approximate surface area is 86.5 Å². The molecule has 0 N–H and O–H groups in total. The quantitative estimate of drug-likeness (QED) is 0.643. The Balaban J connectivity index is 2.70. The highest BCUT2D eigenvalue weighted by Gasteiger charge is 2.31. The Morgan fingerprint density at radius 1 is 1.50 bits per heavy atom. The van der Waals surface area contributed by atoms with Crippen molar-refractivity contribution in [2.45, 2.75) is 31.9 Å². The molecule has 1 rings (SSSR count). The average Bonchev–Trinajstić information content (AvgIpc) is 2.87. The van der Waals surface area contributed by atoms with Crippen LogP contribution >= 0.6 is 0 Å². The van der Waals surface area contributed by atoms with Crippen LogP contribution in [0.3, 0.4) is 0 Å². The van der Waals surface area contributed by atoms with Gasteiger partial charge in [0.05, 0.1) is 11.8 Å². The fourth-order valence-electron chi connectivity index (χ4n) is 1.25. The molecular formula is C10H17NO2S. The van der Waals surface area contributed by atoms with Crippen molar-refractivity contribution in [2.24, 2.45) is 5.92 Å². The van der Waals surface area contributed by atoms with Crippen molar-refractivity contribution >= 4 is 10.0 Å². The van der Waals surface area contributed by atoms with Crippen LogP contribution < -0.4 is 0 Å². The highest BCUT2D eigenvalue weighted by Crippen LogP contribution is 2.30. The summed E-state index contributed by atoms with van der Waals surface area (Å²) in [5, 5.41) is -0.380. The maximum atomic E-state index is 11.8. The summed E-state index contributed by atoms with van der Waals surface area (Å²) >= 11 is 0. The van der Waals surface area contributed by atoms with Crippen LogP contribution in [0.1, 0.15) is 26.7 Å². The third kappa shape index (κ3) is 2.73. The predicted octanol–water partition coefficient (Wildman–Crippen LogP) is 1.07. The molecule has 0 radical (unpaired) electrons. The average molecular weight is 215 g/mol. The number of rotatable bonds is 5. The third-order valence-electron chi connectivity index (χ3n) is 2.38. The molecule has 0 atom stereocenters. The van der Waals surface area contributed by atoms with Crippen LogP contribution in [0.2, 0.25) is 0 Å². The van der Waals surface area contributed by atoms with E-state index in [9.17, 15) is 8.42 Å². The molecule has 0 spiro atoms. The van der Waals surface area contributed by atoms with Crippen molar-refractivity contribution < 1.29 is 8.42 Å². The zero-order valence-corrected chi connectivity index (χ0v) is 9.55. The van der Waals surface area contributed by atoms with E-state index < -0.39 is 10.0 Å². The number of sulfonamides is 1. The summed E-state index contributed by atoms with van der Waals surface area (Å²) in [5.41, 5.74) is 0. The minimum absolute atomic E-state index is 0.205. The van der Waals surface area contributed by atoms with Gasteiger partial charge in [-0.05, 0) is 32.6 Å². The summed E-state index contributed by atoms with van der Waals surface area (Å²) in [6, 6.07) is 0. The first-order valence-electron chi connectivity index (χ1n) is 4.91. The SMILES string of the molecule is C#CCN(CC1CC1)S(=O)(=O)C(C)C. The number of terminal acetylenes is 1. The van der Waals surface area contributed by atoms with E-state index in [2.05, 4.69) is 5.92 Å². The maximum Gasteiger partial charge on any atom is 0.217 e. The van der Waals surface area contributed by atoms with E-state index in [1.54, 1.807) is 13.8 Å². The molecule has 1 aliphatic carbocycles. The second-order valence-corrected chi connectivity index (χ2v) is 6.52. The molecule has 0 unspecified atom stereocenters. The minimum Gasteiger partial charge on any atom is -0.212 e. The molecule has 1 saturated carbocycles. The van der Waals surface area contributed by atoms with Gasteiger partial charge in [0.1, 0.15) is 0 Å². The molecule has 3 nitrogen and oxygen atoms in total. The van der Waals surface area contributed by atoms with E-state index >= 15 is 0 Å². The van der Waals surface area contributed by atoms with Gasteiger partial charge in [0, 0.05) is 6.54 Å². The lowest BCUT2D eigenvalue weighted by molar-refractivity contribution is 0.425. The molecule has 0 bridgehead atoms. The van der Waals surface area contributed by atoms with Crippen LogP contribution in [-0.4, -0.2) is 31.1 Å². The van der Waals surface area contributed by atoms with Gasteiger partial charge in [0.15, 0.2) is 0 Å². The Bertz CT molecular complexity index is 323. The first-order chi connectivity index (χ1) is 6.48. The number of nitrogens with zero attached hydrogens (tertiary/aromatic N) is 1. The van der Waals surface area contributed by atoms with Crippen molar-refractivity contribution in [1.82, 2.24) is 4.31 Å². The summed E-state index contributed by atoms with van der Waals surface area (Å²) in [6.45, 7) is 4.18. The van der Waals surface area contributed by atoms with Gasteiger partial charge in [0.25, 0.3) is 0 Å². The van der Waals surface area contributed by atoms with Gasteiger partial charge in [-0.15, -0.1) is 6.42 Å². The summed E-state index contributed by atoms with van der Waals surface area (Å²) in [5.74, 6) is 2.95. The van der Waals surface area contributed by atoms with E-state index in [-0.39, 0.29) is 11.8 Å². The molecule has 0 aliphatic heterocycles. The molecule has 0 heterocycles. The first-order valence-corrected chi connectivity index (χ1v) is 6.41. The van der Waals surface area contributed by atoms with Gasteiger partial charge >= 0.3 is 0 Å². The van der Waals surface area contributed by atoms with Crippen molar-refractivity contribution in [3.63, 3.8) is 0 Å². The van der Waals surface area contributed by atoms with Gasteiger partial charge in [-0.2, -0.15) is 4.31 Å². The smallest absolute Gasteiger partial charge is 0.212 e. The molecule has 0 saturated heterocycles. The highest BCUT2D eigenvalue weighted by atomic mass is 32.2. The van der Waals surface area contributed by atoms with E-state index in [1.165, 1.54) is 4.31 Å². The molecule has 80 valence electrons. The molecule has 0 amide bonds. The van der Waals surface area contributed by atoms with Gasteiger partial charge in [0.2, 0.25) is 10.0 Å². The number of hydrogen-bond acceptors (Lipinski definition) is 2. The lowest BCUT2D eigenvalue weighted by Crippen LogP contribution is -2.38.